The van der Waals surface area contributed by atoms with Crippen molar-refractivity contribution >= 4 is 17.6 Å². The summed E-state index contributed by atoms with van der Waals surface area (Å²) in [6.45, 7) is 0.239. The molecular weight excluding hydrogens is 168 g/mol. The Morgan fingerprint density at radius 2 is 2.45 bits per heavy atom. The van der Waals surface area contributed by atoms with Gasteiger partial charge in [-0.1, -0.05) is 11.6 Å². The number of H-pyrrole nitrogens is 1. The van der Waals surface area contributed by atoms with Crippen molar-refractivity contribution in [2.24, 2.45) is 5.73 Å². The predicted molar refractivity (Wildman–Crippen MR) is 40.7 cm³/mol. The molecule has 0 bridgehead atoms. The lowest BCUT2D eigenvalue weighted by Crippen LogP contribution is -1.96. The zero-order chi connectivity index (χ0) is 8.43. The maximum Gasteiger partial charge on any atom is 0.352 e. The van der Waals surface area contributed by atoms with Gasteiger partial charge in [-0.3, -0.25) is 0 Å². The van der Waals surface area contributed by atoms with E-state index >= 15 is 0 Å². The molecule has 0 saturated carbocycles. The summed E-state index contributed by atoms with van der Waals surface area (Å²) in [4.78, 5) is 12.8. The fourth-order valence-corrected chi connectivity index (χ4v) is 0.969. The standard InChI is InChI=1S/C6H7ClN2O2/c7-5-3(2-8)1-4(9-5)6(10)11/h1,9H,2,8H2,(H,10,11). The van der Waals surface area contributed by atoms with Crippen LogP contribution in [0.4, 0.5) is 0 Å². The maximum atomic E-state index is 10.4. The van der Waals surface area contributed by atoms with Gasteiger partial charge in [0.25, 0.3) is 0 Å². The van der Waals surface area contributed by atoms with Gasteiger partial charge in [0.1, 0.15) is 10.8 Å². The number of aromatic carboxylic acids is 1. The highest BCUT2D eigenvalue weighted by Crippen LogP contribution is 2.15. The van der Waals surface area contributed by atoms with Gasteiger partial charge in [0.2, 0.25) is 0 Å². The van der Waals surface area contributed by atoms with Crippen molar-refractivity contribution in [1.29, 1.82) is 0 Å². The highest BCUT2D eigenvalue weighted by molar-refractivity contribution is 6.30. The first kappa shape index (κ1) is 8.10. The van der Waals surface area contributed by atoms with Crippen LogP contribution in [-0.2, 0) is 6.54 Å². The van der Waals surface area contributed by atoms with E-state index in [2.05, 4.69) is 4.98 Å². The largest absolute Gasteiger partial charge is 0.477 e. The molecule has 0 aliphatic rings. The van der Waals surface area contributed by atoms with Gasteiger partial charge in [-0.25, -0.2) is 4.79 Å². The number of carboxylic acid groups (broad SMARTS) is 1. The van der Waals surface area contributed by atoms with E-state index in [0.29, 0.717) is 10.7 Å². The molecule has 11 heavy (non-hydrogen) atoms. The van der Waals surface area contributed by atoms with Crippen molar-refractivity contribution in [3.8, 4) is 0 Å². The summed E-state index contributed by atoms with van der Waals surface area (Å²) in [6.07, 6.45) is 0. The van der Waals surface area contributed by atoms with Crippen LogP contribution in [0.5, 0.6) is 0 Å². The fourth-order valence-electron chi connectivity index (χ4n) is 0.736. The number of carbonyl (C=O) groups is 1. The van der Waals surface area contributed by atoms with Gasteiger partial charge in [0, 0.05) is 12.1 Å². The molecule has 0 spiro atoms. The Morgan fingerprint density at radius 3 is 2.73 bits per heavy atom. The molecule has 4 nitrogen and oxygen atoms in total. The van der Waals surface area contributed by atoms with Gasteiger partial charge >= 0.3 is 5.97 Å². The lowest BCUT2D eigenvalue weighted by molar-refractivity contribution is 0.0691. The number of hydrogen-bond donors (Lipinski definition) is 3. The molecule has 1 rings (SSSR count). The topological polar surface area (TPSA) is 79.1 Å². The lowest BCUT2D eigenvalue weighted by Gasteiger charge is -1.86. The Labute approximate surface area is 68.0 Å². The molecule has 0 saturated heterocycles. The molecule has 0 fully saturated rings. The highest BCUT2D eigenvalue weighted by Gasteiger charge is 2.09. The summed E-state index contributed by atoms with van der Waals surface area (Å²) in [6, 6.07) is 1.42. The van der Waals surface area contributed by atoms with E-state index in [4.69, 9.17) is 22.4 Å². The molecule has 0 radical (unpaired) electrons. The minimum Gasteiger partial charge on any atom is -0.477 e. The fraction of sp³-hybridized carbons (Fsp3) is 0.167. The van der Waals surface area contributed by atoms with Crippen LogP contribution in [0.25, 0.3) is 0 Å². The minimum absolute atomic E-state index is 0.0652. The Bertz CT molecular complexity index is 282. The van der Waals surface area contributed by atoms with Gasteiger partial charge in [0.05, 0.1) is 0 Å². The monoisotopic (exact) mass is 174 g/mol. The number of carboxylic acids is 1. The smallest absolute Gasteiger partial charge is 0.352 e. The molecule has 4 N–H and O–H groups in total. The Kier molecular flexibility index (Phi) is 2.16. The maximum absolute atomic E-state index is 10.4. The van der Waals surface area contributed by atoms with Crippen LogP contribution in [0.15, 0.2) is 6.07 Å². The van der Waals surface area contributed by atoms with E-state index in [1.54, 1.807) is 0 Å². The molecule has 60 valence electrons. The second-order valence-corrected chi connectivity index (χ2v) is 2.41. The molecule has 1 aromatic rings. The summed E-state index contributed by atoms with van der Waals surface area (Å²) >= 11 is 5.59. The first-order chi connectivity index (χ1) is 5.15. The minimum atomic E-state index is -1.04. The Hall–Kier alpha value is -1.00. The van der Waals surface area contributed by atoms with E-state index in [0.717, 1.165) is 0 Å². The van der Waals surface area contributed by atoms with Gasteiger partial charge < -0.3 is 15.8 Å². The normalized spacial score (nSPS) is 10.0. The SMILES string of the molecule is NCc1cc(C(=O)O)[nH]c1Cl. The molecule has 5 heteroatoms. The van der Waals surface area contributed by atoms with E-state index in [1.165, 1.54) is 6.07 Å². The van der Waals surface area contributed by atoms with E-state index in [1.807, 2.05) is 0 Å². The van der Waals surface area contributed by atoms with Crippen LogP contribution in [0.3, 0.4) is 0 Å². The molecule has 0 aliphatic heterocycles. The second-order valence-electron chi connectivity index (χ2n) is 2.03. The quantitative estimate of drug-likeness (QED) is 0.621. The van der Waals surface area contributed by atoms with Crippen LogP contribution < -0.4 is 5.73 Å². The molecule has 0 atom stereocenters. The van der Waals surface area contributed by atoms with Crippen LogP contribution in [0, 0.1) is 0 Å². The van der Waals surface area contributed by atoms with Gasteiger partial charge in [-0.2, -0.15) is 0 Å². The number of aromatic amines is 1. The van der Waals surface area contributed by atoms with E-state index in [9.17, 15) is 4.79 Å². The summed E-state index contributed by atoms with van der Waals surface area (Å²) in [5.74, 6) is -1.04. The number of halogens is 1. The van der Waals surface area contributed by atoms with Crippen LogP contribution in [0.2, 0.25) is 5.15 Å². The third-order valence-electron chi connectivity index (χ3n) is 1.30. The third-order valence-corrected chi connectivity index (χ3v) is 1.63. The molecule has 1 heterocycles. The van der Waals surface area contributed by atoms with Gasteiger partial charge in [0.15, 0.2) is 0 Å². The van der Waals surface area contributed by atoms with Crippen molar-refractivity contribution in [2.45, 2.75) is 6.54 Å². The number of hydrogen-bond acceptors (Lipinski definition) is 2. The van der Waals surface area contributed by atoms with E-state index < -0.39 is 5.97 Å². The number of aromatic nitrogens is 1. The van der Waals surface area contributed by atoms with Crippen LogP contribution >= 0.6 is 11.6 Å². The Balaban J connectivity index is 3.05. The molecule has 0 unspecified atom stereocenters. The number of rotatable bonds is 2. The summed E-state index contributed by atoms with van der Waals surface area (Å²) in [5.41, 5.74) is 5.95. The van der Waals surface area contributed by atoms with Crippen molar-refractivity contribution < 1.29 is 9.90 Å². The zero-order valence-corrected chi connectivity index (χ0v) is 6.35. The second kappa shape index (κ2) is 2.94. The van der Waals surface area contributed by atoms with Crippen LogP contribution in [0.1, 0.15) is 16.1 Å². The molecule has 0 aliphatic carbocycles. The summed E-state index contributed by atoms with van der Waals surface area (Å²) in [7, 11) is 0. The molecule has 0 amide bonds. The number of nitrogens with one attached hydrogen (secondary N) is 1. The third kappa shape index (κ3) is 1.53. The molecular formula is C6H7ClN2O2. The van der Waals surface area contributed by atoms with Crippen molar-refractivity contribution in [1.82, 2.24) is 4.98 Å². The average Bonchev–Trinajstić information content (AvgIpc) is 2.31. The van der Waals surface area contributed by atoms with E-state index in [-0.39, 0.29) is 12.2 Å². The van der Waals surface area contributed by atoms with Crippen molar-refractivity contribution in [2.75, 3.05) is 0 Å². The zero-order valence-electron chi connectivity index (χ0n) is 5.60. The molecule has 1 aromatic heterocycles. The number of nitrogens with two attached hydrogens (primary N) is 1. The lowest BCUT2D eigenvalue weighted by atomic mass is 10.3. The first-order valence-corrected chi connectivity index (χ1v) is 3.33. The first-order valence-electron chi connectivity index (χ1n) is 2.96. The average molecular weight is 175 g/mol. The predicted octanol–water partition coefficient (Wildman–Crippen LogP) is 0.825. The summed E-state index contributed by atoms with van der Waals surface area (Å²) < 4.78 is 0. The van der Waals surface area contributed by atoms with Gasteiger partial charge in [-0.15, -0.1) is 0 Å². The summed E-state index contributed by atoms with van der Waals surface area (Å²) in [5, 5.41) is 8.78. The van der Waals surface area contributed by atoms with Crippen molar-refractivity contribution in [3.63, 3.8) is 0 Å². The highest BCUT2D eigenvalue weighted by atomic mass is 35.5. The van der Waals surface area contributed by atoms with Gasteiger partial charge in [-0.05, 0) is 6.07 Å². The van der Waals surface area contributed by atoms with Crippen LogP contribution in [-0.4, -0.2) is 16.1 Å². The van der Waals surface area contributed by atoms with Crippen molar-refractivity contribution in [3.05, 3.63) is 22.5 Å². The Morgan fingerprint density at radius 1 is 1.82 bits per heavy atom. The molecule has 0 aromatic carbocycles.